The van der Waals surface area contributed by atoms with Crippen LogP contribution < -0.4 is 21.2 Å². The summed E-state index contributed by atoms with van der Waals surface area (Å²) in [6, 6.07) is 4.20. The topological polar surface area (TPSA) is 68.9 Å². The number of nitrogens with one attached hydrogen (secondary N) is 1. The molecule has 0 amide bonds. The maximum Gasteiger partial charge on any atom is 0.292 e. The molecule has 0 saturated heterocycles. The molecule has 0 aliphatic carbocycles. The molecule has 0 unspecified atom stereocenters. The molecule has 1 aliphatic rings. The van der Waals surface area contributed by atoms with Gasteiger partial charge in [-0.15, -0.1) is 0 Å². The number of nitrogen functional groups attached to an aromatic ring is 1. The van der Waals surface area contributed by atoms with E-state index < -0.39 is 0 Å². The number of hydrogen-bond acceptors (Lipinski definition) is 3. The quantitative estimate of drug-likeness (QED) is 0.778. The molecule has 0 spiro atoms. The van der Waals surface area contributed by atoms with E-state index in [-0.39, 0.29) is 5.56 Å². The number of nitrogens with zero attached hydrogens (tertiary/aromatic N) is 3. The fraction of sp³-hybridized carbons (Fsp3) is 0.429. The number of aromatic nitrogens is 3. The molecule has 0 atom stereocenters. The number of nitrogens with two attached hydrogens (primary N) is 1. The van der Waals surface area contributed by atoms with Crippen LogP contribution in [0.5, 0.6) is 0 Å². The minimum absolute atomic E-state index is 0.0725. The van der Waals surface area contributed by atoms with Crippen LogP contribution >= 0.6 is 0 Å². The van der Waals surface area contributed by atoms with Crippen molar-refractivity contribution in [2.24, 2.45) is 7.05 Å². The van der Waals surface area contributed by atoms with E-state index in [0.29, 0.717) is 5.69 Å². The Labute approximate surface area is 117 Å². The second-order valence-electron chi connectivity index (χ2n) is 5.22. The second kappa shape index (κ2) is 5.03. The smallest absolute Gasteiger partial charge is 0.292 e. The minimum atomic E-state index is -0.0725. The molecule has 0 radical (unpaired) electrons. The van der Waals surface area contributed by atoms with Crippen molar-refractivity contribution in [3.63, 3.8) is 0 Å². The summed E-state index contributed by atoms with van der Waals surface area (Å²) in [5, 5.41) is 3.31. The molecule has 20 heavy (non-hydrogen) atoms. The number of anilines is 2. The molecule has 2 aromatic rings. The third-order valence-electron chi connectivity index (χ3n) is 3.76. The van der Waals surface area contributed by atoms with Gasteiger partial charge in [0.15, 0.2) is 12.4 Å². The molecule has 1 aliphatic heterocycles. The van der Waals surface area contributed by atoms with E-state index in [4.69, 9.17) is 5.73 Å². The zero-order valence-electron chi connectivity index (χ0n) is 11.7. The standard InChI is InChI=1S/C14H19N5O/c1-17-9-4-11(5-10-17)3-6-16-13-12(15)14(20)19-8-2-7-18(13)19/h4-5,9-10H,2-3,6-8,15H2,1H3/p+1. The van der Waals surface area contributed by atoms with Crippen LogP contribution in [0.4, 0.5) is 11.5 Å². The van der Waals surface area contributed by atoms with Crippen molar-refractivity contribution in [3.05, 3.63) is 40.4 Å². The number of rotatable bonds is 4. The molecule has 0 saturated carbocycles. The van der Waals surface area contributed by atoms with Crippen molar-refractivity contribution < 1.29 is 4.57 Å². The highest BCUT2D eigenvalue weighted by Crippen LogP contribution is 2.20. The lowest BCUT2D eigenvalue weighted by atomic mass is 10.2. The Hall–Kier alpha value is -2.24. The van der Waals surface area contributed by atoms with Crippen molar-refractivity contribution in [1.82, 2.24) is 9.36 Å². The molecule has 2 aromatic heterocycles. The first-order chi connectivity index (χ1) is 9.66. The predicted molar refractivity (Wildman–Crippen MR) is 77.5 cm³/mol. The first-order valence-electron chi connectivity index (χ1n) is 6.94. The lowest BCUT2D eigenvalue weighted by Crippen LogP contribution is -2.26. The summed E-state index contributed by atoms with van der Waals surface area (Å²) >= 11 is 0. The Bertz CT molecular complexity index is 668. The van der Waals surface area contributed by atoms with Crippen LogP contribution in [-0.2, 0) is 26.6 Å². The van der Waals surface area contributed by atoms with Gasteiger partial charge in [-0.3, -0.25) is 9.48 Å². The summed E-state index contributed by atoms with van der Waals surface area (Å²) in [6.07, 6.45) is 5.97. The molecule has 0 fully saturated rings. The van der Waals surface area contributed by atoms with Gasteiger partial charge in [-0.2, -0.15) is 0 Å². The molecule has 6 nitrogen and oxygen atoms in total. The molecule has 0 aromatic carbocycles. The third-order valence-corrected chi connectivity index (χ3v) is 3.76. The van der Waals surface area contributed by atoms with E-state index in [1.807, 2.05) is 28.7 Å². The summed E-state index contributed by atoms with van der Waals surface area (Å²) in [7, 11) is 2.00. The van der Waals surface area contributed by atoms with E-state index in [1.165, 1.54) is 5.56 Å². The van der Waals surface area contributed by atoms with Crippen LogP contribution in [-0.4, -0.2) is 15.9 Å². The lowest BCUT2D eigenvalue weighted by molar-refractivity contribution is -0.671. The summed E-state index contributed by atoms with van der Waals surface area (Å²) in [4.78, 5) is 11.9. The van der Waals surface area contributed by atoms with Gasteiger partial charge in [-0.1, -0.05) is 0 Å². The first-order valence-corrected chi connectivity index (χ1v) is 6.94. The average Bonchev–Trinajstić information content (AvgIpc) is 3.00. The first kappa shape index (κ1) is 12.8. The fourth-order valence-corrected chi connectivity index (χ4v) is 2.64. The highest BCUT2D eigenvalue weighted by molar-refractivity contribution is 5.61. The van der Waals surface area contributed by atoms with Crippen LogP contribution in [0.3, 0.4) is 0 Å². The van der Waals surface area contributed by atoms with E-state index in [2.05, 4.69) is 17.4 Å². The summed E-state index contributed by atoms with van der Waals surface area (Å²) in [5.41, 5.74) is 7.42. The van der Waals surface area contributed by atoms with Gasteiger partial charge in [0.05, 0.1) is 0 Å². The highest BCUT2D eigenvalue weighted by atomic mass is 16.1. The summed E-state index contributed by atoms with van der Waals surface area (Å²) < 4.78 is 5.69. The van der Waals surface area contributed by atoms with Gasteiger partial charge in [0.2, 0.25) is 0 Å². The van der Waals surface area contributed by atoms with Crippen LogP contribution in [0, 0.1) is 0 Å². The van der Waals surface area contributed by atoms with Crippen molar-refractivity contribution >= 4 is 11.5 Å². The maximum absolute atomic E-state index is 11.9. The van der Waals surface area contributed by atoms with Crippen LogP contribution in [0.2, 0.25) is 0 Å². The molecular weight excluding hydrogens is 254 g/mol. The summed E-state index contributed by atoms with van der Waals surface area (Å²) in [6.45, 7) is 2.39. The van der Waals surface area contributed by atoms with Gasteiger partial charge in [0, 0.05) is 31.8 Å². The number of pyridine rings is 1. The Morgan fingerprint density at radius 3 is 2.75 bits per heavy atom. The molecular formula is C14H20N5O+. The van der Waals surface area contributed by atoms with Gasteiger partial charge in [0.25, 0.3) is 5.56 Å². The van der Waals surface area contributed by atoms with Crippen molar-refractivity contribution in [2.75, 3.05) is 17.6 Å². The van der Waals surface area contributed by atoms with E-state index >= 15 is 0 Å². The summed E-state index contributed by atoms with van der Waals surface area (Å²) in [5.74, 6) is 0.772. The van der Waals surface area contributed by atoms with E-state index in [0.717, 1.165) is 38.3 Å². The van der Waals surface area contributed by atoms with Gasteiger partial charge in [-0.25, -0.2) is 9.25 Å². The highest BCUT2D eigenvalue weighted by Gasteiger charge is 2.20. The largest absolute Gasteiger partial charge is 0.391 e. The SMILES string of the molecule is C[n+]1ccc(CCNc2c(N)c(=O)n3n2CCC3)cc1. The van der Waals surface area contributed by atoms with Gasteiger partial charge in [0.1, 0.15) is 18.6 Å². The van der Waals surface area contributed by atoms with Gasteiger partial charge in [-0.05, 0) is 18.4 Å². The maximum atomic E-state index is 11.9. The Morgan fingerprint density at radius 2 is 2.00 bits per heavy atom. The Morgan fingerprint density at radius 1 is 1.30 bits per heavy atom. The normalized spacial score (nSPS) is 13.4. The van der Waals surface area contributed by atoms with Crippen LogP contribution in [0.1, 0.15) is 12.0 Å². The van der Waals surface area contributed by atoms with Crippen LogP contribution in [0.15, 0.2) is 29.3 Å². The number of aryl methyl sites for hydroxylation is 1. The van der Waals surface area contributed by atoms with Crippen LogP contribution in [0.25, 0.3) is 0 Å². The van der Waals surface area contributed by atoms with E-state index in [9.17, 15) is 4.79 Å². The molecule has 3 N–H and O–H groups in total. The molecule has 3 rings (SSSR count). The number of fused-ring (bicyclic) bond motifs is 1. The minimum Gasteiger partial charge on any atom is -0.391 e. The molecule has 0 bridgehead atoms. The molecule has 6 heteroatoms. The van der Waals surface area contributed by atoms with Crippen molar-refractivity contribution in [2.45, 2.75) is 25.9 Å². The van der Waals surface area contributed by atoms with Crippen molar-refractivity contribution in [1.29, 1.82) is 0 Å². The van der Waals surface area contributed by atoms with Gasteiger partial charge < -0.3 is 11.1 Å². The predicted octanol–water partition coefficient (Wildman–Crippen LogP) is 0.115. The third kappa shape index (κ3) is 2.17. The Kier molecular flexibility index (Phi) is 3.22. The zero-order valence-corrected chi connectivity index (χ0v) is 11.7. The lowest BCUT2D eigenvalue weighted by Gasteiger charge is -2.09. The number of hydrogen-bond donors (Lipinski definition) is 2. The zero-order chi connectivity index (χ0) is 14.1. The Balaban J connectivity index is 1.69. The average molecular weight is 274 g/mol. The van der Waals surface area contributed by atoms with E-state index in [1.54, 1.807) is 4.68 Å². The van der Waals surface area contributed by atoms with Crippen molar-refractivity contribution in [3.8, 4) is 0 Å². The fourth-order valence-electron chi connectivity index (χ4n) is 2.64. The second-order valence-corrected chi connectivity index (χ2v) is 5.22. The monoisotopic (exact) mass is 274 g/mol. The molecule has 3 heterocycles. The molecule has 106 valence electrons. The van der Waals surface area contributed by atoms with Gasteiger partial charge >= 0.3 is 0 Å².